The molecule has 31 heavy (non-hydrogen) atoms. The number of aryl methyl sites for hydroxylation is 2. The predicted molar refractivity (Wildman–Crippen MR) is 122 cm³/mol. The van der Waals surface area contributed by atoms with Gasteiger partial charge < -0.3 is 15.0 Å². The number of likely N-dealkylation sites (tertiary alicyclic amines) is 1. The molecule has 162 valence electrons. The number of nitrogens with one attached hydrogen (secondary N) is 2. The summed E-state index contributed by atoms with van der Waals surface area (Å²) in [6.45, 7) is 12.7. The van der Waals surface area contributed by atoms with Crippen LogP contribution >= 0.6 is 0 Å². The lowest BCUT2D eigenvalue weighted by atomic mass is 9.95. The van der Waals surface area contributed by atoms with Gasteiger partial charge in [0.25, 0.3) is 0 Å². The lowest BCUT2D eigenvalue weighted by Crippen LogP contribution is -2.32. The van der Waals surface area contributed by atoms with Gasteiger partial charge in [-0.25, -0.2) is 9.97 Å². The first-order chi connectivity index (χ1) is 14.7. The summed E-state index contributed by atoms with van der Waals surface area (Å²) < 4.78 is 0. The molecule has 0 spiro atoms. The second-order valence-electron chi connectivity index (χ2n) is 8.28. The molecule has 2 aromatic rings. The van der Waals surface area contributed by atoms with Crippen molar-refractivity contribution in [2.24, 2.45) is 5.92 Å². The molecule has 0 amide bonds. The number of rotatable bonds is 8. The summed E-state index contributed by atoms with van der Waals surface area (Å²) in [5.41, 5.74) is 4.56. The third-order valence-electron chi connectivity index (χ3n) is 5.66. The molecule has 0 aliphatic carbocycles. The van der Waals surface area contributed by atoms with Crippen molar-refractivity contribution in [1.82, 2.24) is 14.9 Å². The number of carbonyl (C=O) groups is 2. The van der Waals surface area contributed by atoms with E-state index in [2.05, 4.69) is 28.8 Å². The van der Waals surface area contributed by atoms with Crippen molar-refractivity contribution < 1.29 is 9.59 Å². The lowest BCUT2D eigenvalue weighted by molar-refractivity contribution is -0.111. The van der Waals surface area contributed by atoms with E-state index in [9.17, 15) is 9.59 Å². The van der Waals surface area contributed by atoms with Gasteiger partial charge in [0.05, 0.1) is 12.6 Å². The third-order valence-corrected chi connectivity index (χ3v) is 5.66. The standard InChI is InChI=1S/C24H29N5O2/c1-14-6-21(13-30)29(12-14)16(3)9-28-24-15(2)7-19(8-22(24)23(25)17(4)31)20-10-26-18(5)27-11-20/h7-8,10-11,13-14,21,25,28H,3,6,9,12H2,1-2,4-5H3. The number of hydrogen-bond acceptors (Lipinski definition) is 7. The van der Waals surface area contributed by atoms with Gasteiger partial charge >= 0.3 is 0 Å². The van der Waals surface area contributed by atoms with E-state index < -0.39 is 0 Å². The zero-order valence-electron chi connectivity index (χ0n) is 18.5. The number of carbonyl (C=O) groups excluding carboxylic acids is 2. The van der Waals surface area contributed by atoms with Gasteiger partial charge in [-0.3, -0.25) is 10.2 Å². The van der Waals surface area contributed by atoms with Crippen molar-refractivity contribution in [1.29, 1.82) is 5.41 Å². The number of benzene rings is 1. The molecule has 1 aliphatic heterocycles. The van der Waals surface area contributed by atoms with E-state index in [4.69, 9.17) is 5.41 Å². The molecule has 1 saturated heterocycles. The normalized spacial score (nSPS) is 18.0. The van der Waals surface area contributed by atoms with Crippen molar-refractivity contribution in [3.8, 4) is 11.1 Å². The predicted octanol–water partition coefficient (Wildman–Crippen LogP) is 3.55. The summed E-state index contributed by atoms with van der Waals surface area (Å²) in [6.07, 6.45) is 5.28. The number of nitrogens with zero attached hydrogens (tertiary/aromatic N) is 3. The van der Waals surface area contributed by atoms with Crippen LogP contribution in [0.1, 0.15) is 37.2 Å². The van der Waals surface area contributed by atoms with E-state index in [1.165, 1.54) is 6.92 Å². The summed E-state index contributed by atoms with van der Waals surface area (Å²) in [4.78, 5) is 34.0. The molecule has 1 aromatic carbocycles. The Morgan fingerprint density at radius 1 is 1.29 bits per heavy atom. The average Bonchev–Trinajstić information content (AvgIpc) is 3.13. The van der Waals surface area contributed by atoms with E-state index in [1.54, 1.807) is 12.4 Å². The number of Topliss-reactive ketones (excluding diaryl/α,β-unsaturated/α-hetero) is 1. The lowest BCUT2D eigenvalue weighted by Gasteiger charge is -2.26. The van der Waals surface area contributed by atoms with Crippen LogP contribution in [0.5, 0.6) is 0 Å². The molecule has 7 heteroatoms. The fourth-order valence-corrected chi connectivity index (χ4v) is 3.99. The molecule has 1 aliphatic rings. The van der Waals surface area contributed by atoms with Crippen molar-refractivity contribution in [2.45, 2.75) is 40.2 Å². The molecule has 2 atom stereocenters. The minimum Gasteiger partial charge on any atom is -0.379 e. The minimum atomic E-state index is -0.312. The van der Waals surface area contributed by atoms with Crippen LogP contribution in [0.3, 0.4) is 0 Å². The maximum absolute atomic E-state index is 12.0. The van der Waals surface area contributed by atoms with Crippen LogP contribution in [-0.4, -0.2) is 51.8 Å². The Labute approximate surface area is 183 Å². The van der Waals surface area contributed by atoms with Gasteiger partial charge in [-0.15, -0.1) is 0 Å². The largest absolute Gasteiger partial charge is 0.379 e. The van der Waals surface area contributed by atoms with Crippen LogP contribution in [0.4, 0.5) is 5.69 Å². The molecule has 2 N–H and O–H groups in total. The SMILES string of the molecule is C=C(CNc1c(C)cc(-c2cnc(C)nc2)cc1C(=N)C(C)=O)N1CC(C)CC1C=O. The highest BCUT2D eigenvalue weighted by Gasteiger charge is 2.30. The fraction of sp³-hybridized carbons (Fsp3) is 0.375. The number of hydrogen-bond donors (Lipinski definition) is 2. The summed E-state index contributed by atoms with van der Waals surface area (Å²) >= 11 is 0. The molecule has 2 heterocycles. The van der Waals surface area contributed by atoms with E-state index in [1.807, 2.05) is 30.9 Å². The first-order valence-electron chi connectivity index (χ1n) is 10.4. The quantitative estimate of drug-likeness (QED) is 0.501. The number of aromatic nitrogens is 2. The molecule has 7 nitrogen and oxygen atoms in total. The Morgan fingerprint density at radius 2 is 1.97 bits per heavy atom. The second kappa shape index (κ2) is 9.20. The zero-order chi connectivity index (χ0) is 22.7. The minimum absolute atomic E-state index is 0.0633. The highest BCUT2D eigenvalue weighted by Crippen LogP contribution is 2.30. The zero-order valence-corrected chi connectivity index (χ0v) is 18.5. The highest BCUT2D eigenvalue weighted by atomic mass is 16.1. The fourth-order valence-electron chi connectivity index (χ4n) is 3.99. The molecule has 0 radical (unpaired) electrons. The second-order valence-corrected chi connectivity index (χ2v) is 8.28. The Hall–Kier alpha value is -3.35. The molecule has 3 rings (SSSR count). The van der Waals surface area contributed by atoms with Gasteiger partial charge in [0.15, 0.2) is 5.78 Å². The van der Waals surface area contributed by atoms with Crippen molar-refractivity contribution in [3.05, 3.63) is 53.8 Å². The summed E-state index contributed by atoms with van der Waals surface area (Å²) in [7, 11) is 0. The Morgan fingerprint density at radius 3 is 2.58 bits per heavy atom. The topological polar surface area (TPSA) is 99.0 Å². The molecule has 2 unspecified atom stereocenters. The molecular weight excluding hydrogens is 390 g/mol. The van der Waals surface area contributed by atoms with Crippen LogP contribution in [0.15, 0.2) is 36.8 Å². The van der Waals surface area contributed by atoms with E-state index in [0.29, 0.717) is 29.5 Å². The van der Waals surface area contributed by atoms with Gasteiger partial charge in [-0.05, 0) is 49.4 Å². The highest BCUT2D eigenvalue weighted by molar-refractivity contribution is 6.45. The molecule has 0 bridgehead atoms. The number of aldehydes is 1. The maximum atomic E-state index is 12.0. The maximum Gasteiger partial charge on any atom is 0.178 e. The summed E-state index contributed by atoms with van der Waals surface area (Å²) in [6, 6.07) is 3.66. The first-order valence-corrected chi connectivity index (χ1v) is 10.4. The van der Waals surface area contributed by atoms with Crippen molar-refractivity contribution in [2.75, 3.05) is 18.4 Å². The Kier molecular flexibility index (Phi) is 6.63. The van der Waals surface area contributed by atoms with Crippen molar-refractivity contribution >= 4 is 23.5 Å². The van der Waals surface area contributed by atoms with Gasteiger partial charge in [-0.1, -0.05) is 13.5 Å². The molecule has 1 aromatic heterocycles. The first kappa shape index (κ1) is 22.3. The van der Waals surface area contributed by atoms with Gasteiger partial charge in [-0.2, -0.15) is 0 Å². The Balaban J connectivity index is 1.91. The molecular formula is C24H29N5O2. The number of ketones is 1. The van der Waals surface area contributed by atoms with Gasteiger partial charge in [0.1, 0.15) is 17.8 Å². The van der Waals surface area contributed by atoms with Crippen LogP contribution in [0.2, 0.25) is 0 Å². The molecule has 1 fully saturated rings. The van der Waals surface area contributed by atoms with Crippen LogP contribution < -0.4 is 5.32 Å². The molecule has 0 saturated carbocycles. The summed E-state index contributed by atoms with van der Waals surface area (Å²) in [5.74, 6) is 0.804. The average molecular weight is 420 g/mol. The van der Waals surface area contributed by atoms with E-state index in [0.717, 1.165) is 41.6 Å². The summed E-state index contributed by atoms with van der Waals surface area (Å²) in [5, 5.41) is 11.7. The number of anilines is 1. The van der Waals surface area contributed by atoms with Crippen LogP contribution in [-0.2, 0) is 9.59 Å². The van der Waals surface area contributed by atoms with Crippen molar-refractivity contribution in [3.63, 3.8) is 0 Å². The monoisotopic (exact) mass is 419 g/mol. The van der Waals surface area contributed by atoms with E-state index >= 15 is 0 Å². The van der Waals surface area contributed by atoms with E-state index in [-0.39, 0.29) is 17.5 Å². The van der Waals surface area contributed by atoms with Crippen LogP contribution in [0, 0.1) is 25.2 Å². The smallest absolute Gasteiger partial charge is 0.178 e. The third kappa shape index (κ3) is 4.87. The van der Waals surface area contributed by atoms with Gasteiger partial charge in [0.2, 0.25) is 0 Å². The van der Waals surface area contributed by atoms with Crippen LogP contribution in [0.25, 0.3) is 11.1 Å². The van der Waals surface area contributed by atoms with Gasteiger partial charge in [0, 0.05) is 48.4 Å². The Bertz CT molecular complexity index is 1030.